The molecule has 1 heterocycles. The van der Waals surface area contributed by atoms with Gasteiger partial charge in [-0.3, -0.25) is 10.1 Å². The van der Waals surface area contributed by atoms with Crippen LogP contribution in [0.2, 0.25) is 5.15 Å². The van der Waals surface area contributed by atoms with Crippen molar-refractivity contribution in [1.29, 1.82) is 0 Å². The minimum atomic E-state index is -0.632. The lowest BCUT2D eigenvalue weighted by molar-refractivity contribution is -0.385. The fourth-order valence-electron chi connectivity index (χ4n) is 1.02. The van der Waals surface area contributed by atoms with E-state index in [1.54, 1.807) is 6.92 Å². The second kappa shape index (κ2) is 5.70. The molecular weight excluding hydrogens is 246 g/mol. The molecule has 0 aliphatic heterocycles. The molecule has 0 atom stereocenters. The van der Waals surface area contributed by atoms with Crippen LogP contribution in [0.5, 0.6) is 0 Å². The van der Waals surface area contributed by atoms with Crippen LogP contribution in [-0.2, 0) is 0 Å². The Morgan fingerprint density at radius 1 is 1.76 bits per heavy atom. The average Bonchev–Trinajstić information content (AvgIpc) is 2.26. The molecule has 0 fully saturated rings. The van der Waals surface area contributed by atoms with Crippen molar-refractivity contribution in [3.63, 3.8) is 0 Å². The number of hydrogen-bond acceptors (Lipinski definition) is 4. The van der Waals surface area contributed by atoms with Gasteiger partial charge in [0.05, 0.1) is 22.7 Å². The van der Waals surface area contributed by atoms with Gasteiger partial charge in [0.15, 0.2) is 0 Å². The van der Waals surface area contributed by atoms with Crippen LogP contribution in [0.1, 0.15) is 11.3 Å². The Bertz CT molecular complexity index is 569. The molecule has 0 N–H and O–H groups in total. The maximum absolute atomic E-state index is 10.6. The minimum absolute atomic E-state index is 0.00758. The zero-order valence-corrected chi connectivity index (χ0v) is 9.47. The highest BCUT2D eigenvalue weighted by Gasteiger charge is 2.15. The van der Waals surface area contributed by atoms with Crippen molar-refractivity contribution < 1.29 is 4.92 Å². The number of hydrogen-bond donors (Lipinski definition) is 0. The first-order valence-corrected chi connectivity index (χ1v) is 4.75. The zero-order chi connectivity index (χ0) is 12.8. The van der Waals surface area contributed by atoms with Crippen molar-refractivity contribution >= 4 is 17.3 Å². The smallest absolute Gasteiger partial charge is 0.258 e. The number of nitro groups is 1. The number of aromatic nitrogens is 1. The van der Waals surface area contributed by atoms with Crippen LogP contribution in [-0.4, -0.2) is 16.5 Å². The molecule has 0 aliphatic rings. The van der Waals surface area contributed by atoms with E-state index in [0.717, 1.165) is 0 Å². The van der Waals surface area contributed by atoms with Crippen LogP contribution in [0.15, 0.2) is 11.2 Å². The molecule has 0 saturated heterocycles. The molecule has 1 aromatic heterocycles. The van der Waals surface area contributed by atoms with E-state index in [1.807, 2.05) is 0 Å². The molecule has 86 valence electrons. The van der Waals surface area contributed by atoms with Crippen LogP contribution in [0.3, 0.4) is 0 Å². The number of aryl methyl sites for hydroxylation is 1. The number of azide groups is 1. The summed E-state index contributed by atoms with van der Waals surface area (Å²) in [4.78, 5) is 16.3. The Morgan fingerprint density at radius 3 is 3.06 bits per heavy atom. The molecule has 0 aromatic carbocycles. The van der Waals surface area contributed by atoms with Crippen molar-refractivity contribution in [1.82, 2.24) is 4.98 Å². The van der Waals surface area contributed by atoms with E-state index in [1.165, 1.54) is 6.07 Å². The molecule has 0 amide bonds. The van der Waals surface area contributed by atoms with E-state index in [4.69, 9.17) is 17.1 Å². The van der Waals surface area contributed by atoms with Gasteiger partial charge < -0.3 is 0 Å². The lowest BCUT2D eigenvalue weighted by Crippen LogP contribution is -1.96. The average molecular weight is 252 g/mol. The van der Waals surface area contributed by atoms with E-state index in [9.17, 15) is 10.1 Å². The molecule has 0 radical (unpaired) electrons. The van der Waals surface area contributed by atoms with Gasteiger partial charge in [0.25, 0.3) is 0 Å². The summed E-state index contributed by atoms with van der Waals surface area (Å²) in [5.41, 5.74) is 8.61. The molecule has 1 rings (SSSR count). The van der Waals surface area contributed by atoms with Crippen molar-refractivity contribution in [2.75, 3.05) is 6.54 Å². The first-order chi connectivity index (χ1) is 8.06. The van der Waals surface area contributed by atoms with Gasteiger partial charge in [-0.05, 0) is 12.5 Å². The molecule has 0 spiro atoms. The Hall–Kier alpha value is -2.29. The quantitative estimate of drug-likeness (QED) is 0.153. The molecule has 0 unspecified atom stereocenters. The highest BCUT2D eigenvalue weighted by atomic mass is 35.5. The van der Waals surface area contributed by atoms with Crippen molar-refractivity contribution in [3.8, 4) is 11.8 Å². The van der Waals surface area contributed by atoms with Gasteiger partial charge in [-0.25, -0.2) is 4.98 Å². The van der Waals surface area contributed by atoms with Gasteiger partial charge >= 0.3 is 5.69 Å². The predicted octanol–water partition coefficient (Wildman–Crippen LogP) is 2.61. The summed E-state index contributed by atoms with van der Waals surface area (Å²) in [6.07, 6.45) is 0. The normalized spacial score (nSPS) is 8.82. The third-order valence-corrected chi connectivity index (χ3v) is 2.06. The van der Waals surface area contributed by atoms with Gasteiger partial charge in [0.2, 0.25) is 5.15 Å². The Morgan fingerprint density at radius 2 is 2.47 bits per heavy atom. The van der Waals surface area contributed by atoms with Crippen LogP contribution in [0.25, 0.3) is 10.4 Å². The Labute approximate surface area is 101 Å². The first kappa shape index (κ1) is 12.8. The summed E-state index contributed by atoms with van der Waals surface area (Å²) < 4.78 is 0. The molecule has 0 bridgehead atoms. The molecule has 7 nitrogen and oxygen atoms in total. The molecule has 0 aliphatic carbocycles. The molecular formula is C9H6ClN5O2. The predicted molar refractivity (Wildman–Crippen MR) is 61.5 cm³/mol. The van der Waals surface area contributed by atoms with Crippen LogP contribution in [0.4, 0.5) is 5.69 Å². The Balaban J connectivity index is 3.14. The second-order valence-electron chi connectivity index (χ2n) is 2.88. The van der Waals surface area contributed by atoms with Crippen molar-refractivity contribution in [3.05, 3.63) is 43.0 Å². The largest absolute Gasteiger partial charge is 0.307 e. The summed E-state index contributed by atoms with van der Waals surface area (Å²) in [7, 11) is 0. The van der Waals surface area contributed by atoms with E-state index in [0.29, 0.717) is 11.3 Å². The summed E-state index contributed by atoms with van der Waals surface area (Å²) in [6, 6.07) is 1.24. The molecule has 8 heteroatoms. The topological polar surface area (TPSA) is 105 Å². The van der Waals surface area contributed by atoms with Gasteiger partial charge in [0.1, 0.15) is 0 Å². The van der Waals surface area contributed by atoms with Gasteiger partial charge in [-0.15, -0.1) is 0 Å². The van der Waals surface area contributed by atoms with Crippen LogP contribution < -0.4 is 0 Å². The highest BCUT2D eigenvalue weighted by molar-refractivity contribution is 6.31. The van der Waals surface area contributed by atoms with Gasteiger partial charge in [-0.2, -0.15) is 0 Å². The summed E-state index contributed by atoms with van der Waals surface area (Å²) in [6.45, 7) is 1.62. The maximum Gasteiger partial charge on any atom is 0.307 e. The SMILES string of the molecule is Cc1nc(Cl)c([N+](=O)[O-])cc1C#CCN=[N+]=[N-]. The van der Waals surface area contributed by atoms with Crippen molar-refractivity contribution in [2.45, 2.75) is 6.92 Å². The zero-order valence-electron chi connectivity index (χ0n) is 8.71. The fourth-order valence-corrected chi connectivity index (χ4v) is 1.27. The fraction of sp³-hybridized carbons (Fsp3) is 0.222. The first-order valence-electron chi connectivity index (χ1n) is 4.37. The summed E-state index contributed by atoms with van der Waals surface area (Å²) in [5.74, 6) is 5.18. The number of rotatable bonds is 2. The van der Waals surface area contributed by atoms with E-state index >= 15 is 0 Å². The van der Waals surface area contributed by atoms with Crippen LogP contribution in [0, 0.1) is 28.9 Å². The molecule has 1 aromatic rings. The highest BCUT2D eigenvalue weighted by Crippen LogP contribution is 2.24. The Kier molecular flexibility index (Phi) is 4.29. The second-order valence-corrected chi connectivity index (χ2v) is 3.24. The number of pyridine rings is 1. The minimum Gasteiger partial charge on any atom is -0.258 e. The standard InChI is InChI=1S/C9H6ClN5O2/c1-6-7(3-2-4-12-14-11)5-8(15(16)17)9(10)13-6/h5H,4H2,1H3. The monoisotopic (exact) mass is 251 g/mol. The van der Waals surface area contributed by atoms with E-state index in [2.05, 4.69) is 26.9 Å². The lowest BCUT2D eigenvalue weighted by atomic mass is 10.2. The van der Waals surface area contributed by atoms with E-state index in [-0.39, 0.29) is 17.4 Å². The van der Waals surface area contributed by atoms with Gasteiger partial charge in [0, 0.05) is 11.0 Å². The summed E-state index contributed by atoms with van der Waals surface area (Å²) >= 11 is 5.61. The third kappa shape index (κ3) is 3.34. The van der Waals surface area contributed by atoms with Crippen LogP contribution >= 0.6 is 11.6 Å². The van der Waals surface area contributed by atoms with Crippen molar-refractivity contribution in [2.24, 2.45) is 5.11 Å². The van der Waals surface area contributed by atoms with E-state index < -0.39 is 4.92 Å². The lowest BCUT2D eigenvalue weighted by Gasteiger charge is -1.99. The molecule has 0 saturated carbocycles. The van der Waals surface area contributed by atoms with Gasteiger partial charge in [-0.1, -0.05) is 28.6 Å². The maximum atomic E-state index is 10.6. The number of halogens is 1. The summed E-state index contributed by atoms with van der Waals surface area (Å²) in [5, 5.41) is 13.7. The third-order valence-electron chi connectivity index (χ3n) is 1.78. The number of nitrogens with zero attached hydrogens (tertiary/aromatic N) is 5. The molecule has 17 heavy (non-hydrogen) atoms.